The van der Waals surface area contributed by atoms with E-state index in [2.05, 4.69) is 5.32 Å². The Hall–Kier alpha value is -2.82. The summed E-state index contributed by atoms with van der Waals surface area (Å²) in [5, 5.41) is 2.67. The minimum Gasteiger partial charge on any atom is -0.451 e. The molecule has 1 N–H and O–H groups in total. The van der Waals surface area contributed by atoms with Crippen molar-refractivity contribution in [3.8, 4) is 0 Å². The fourth-order valence-electron chi connectivity index (χ4n) is 2.62. The van der Waals surface area contributed by atoms with E-state index in [1.165, 1.54) is 0 Å². The fourth-order valence-corrected chi connectivity index (χ4v) is 2.62. The van der Waals surface area contributed by atoms with Crippen molar-refractivity contribution in [1.29, 1.82) is 0 Å². The molecule has 2 rings (SSSR count). The molecule has 0 heterocycles. The van der Waals surface area contributed by atoms with Crippen LogP contribution in [0.3, 0.4) is 0 Å². The number of carbonyl (C=O) groups is 2. The maximum Gasteiger partial charge on any atom is 0.408 e. The third kappa shape index (κ3) is 5.09. The van der Waals surface area contributed by atoms with Crippen molar-refractivity contribution in [2.45, 2.75) is 39.3 Å². The molecule has 1 amide bonds. The van der Waals surface area contributed by atoms with Gasteiger partial charge in [-0.25, -0.2) is 9.59 Å². The lowest BCUT2D eigenvalue weighted by molar-refractivity contribution is -0.156. The molecule has 2 aromatic carbocycles. The number of ether oxygens (including phenoxy) is 2. The number of alkyl carbamates (subject to hydrolysis) is 1. The summed E-state index contributed by atoms with van der Waals surface area (Å²) in [4.78, 5) is 25.1. The molecular formula is C22H27NO4. The Morgan fingerprint density at radius 1 is 0.963 bits per heavy atom. The zero-order chi connectivity index (χ0) is 19.9. The van der Waals surface area contributed by atoms with Crippen LogP contribution in [0.1, 0.15) is 44.9 Å². The third-order valence-electron chi connectivity index (χ3n) is 4.65. The minimum atomic E-state index is -1.21. The molecule has 0 unspecified atom stereocenters. The molecule has 5 nitrogen and oxygen atoms in total. The molecule has 5 heteroatoms. The maximum atomic E-state index is 13.1. The quantitative estimate of drug-likeness (QED) is 0.731. The van der Waals surface area contributed by atoms with Crippen LogP contribution in [0.15, 0.2) is 60.7 Å². The number of hydrogen-bond donors (Lipinski definition) is 1. The summed E-state index contributed by atoms with van der Waals surface area (Å²) in [6, 6.07) is 19.1. The van der Waals surface area contributed by atoms with Gasteiger partial charge in [-0.1, -0.05) is 74.5 Å². The van der Waals surface area contributed by atoms with Crippen molar-refractivity contribution in [2.75, 3.05) is 6.61 Å². The standard InChI is InChI=1S/C22H27NO4/c1-5-26-21(25)23-22(4,16(2)3)20(24)27-19(17-12-8-6-9-13-17)18-14-10-7-11-15-18/h6-16,19H,5H2,1-4H3,(H,23,25)/t22-/m0/s1. The Kier molecular flexibility index (Phi) is 6.99. The number of rotatable bonds is 7. The summed E-state index contributed by atoms with van der Waals surface area (Å²) in [7, 11) is 0. The van der Waals surface area contributed by atoms with E-state index in [1.807, 2.05) is 74.5 Å². The van der Waals surface area contributed by atoms with Crippen molar-refractivity contribution in [3.63, 3.8) is 0 Å². The highest BCUT2D eigenvalue weighted by Gasteiger charge is 2.41. The third-order valence-corrected chi connectivity index (χ3v) is 4.65. The lowest BCUT2D eigenvalue weighted by atomic mass is 9.88. The molecule has 0 radical (unpaired) electrons. The van der Waals surface area contributed by atoms with Crippen LogP contribution in [0.5, 0.6) is 0 Å². The molecule has 0 aliphatic rings. The summed E-state index contributed by atoms with van der Waals surface area (Å²) in [5.74, 6) is -0.704. The van der Waals surface area contributed by atoms with Gasteiger partial charge in [0.05, 0.1) is 6.61 Å². The first kappa shape index (κ1) is 20.5. The van der Waals surface area contributed by atoms with E-state index in [4.69, 9.17) is 9.47 Å². The monoisotopic (exact) mass is 369 g/mol. The van der Waals surface area contributed by atoms with Gasteiger partial charge in [0.1, 0.15) is 5.54 Å². The smallest absolute Gasteiger partial charge is 0.408 e. The Morgan fingerprint density at radius 3 is 1.85 bits per heavy atom. The summed E-state index contributed by atoms with van der Waals surface area (Å²) in [6.45, 7) is 7.31. The van der Waals surface area contributed by atoms with Gasteiger partial charge in [-0.15, -0.1) is 0 Å². The zero-order valence-electron chi connectivity index (χ0n) is 16.3. The van der Waals surface area contributed by atoms with E-state index in [0.717, 1.165) is 11.1 Å². The number of carbonyl (C=O) groups excluding carboxylic acids is 2. The largest absolute Gasteiger partial charge is 0.451 e. The van der Waals surface area contributed by atoms with Gasteiger partial charge in [0, 0.05) is 0 Å². The van der Waals surface area contributed by atoms with Gasteiger partial charge in [-0.05, 0) is 30.9 Å². The van der Waals surface area contributed by atoms with Crippen LogP contribution in [0, 0.1) is 5.92 Å². The molecule has 27 heavy (non-hydrogen) atoms. The van der Waals surface area contributed by atoms with Crippen LogP contribution in [0.25, 0.3) is 0 Å². The lowest BCUT2D eigenvalue weighted by Crippen LogP contribution is -2.57. The summed E-state index contributed by atoms with van der Waals surface area (Å²) in [5.41, 5.74) is 0.507. The molecule has 0 aliphatic carbocycles. The normalized spacial score (nSPS) is 13.1. The van der Waals surface area contributed by atoms with Gasteiger partial charge in [0.25, 0.3) is 0 Å². The second-order valence-corrected chi connectivity index (χ2v) is 6.81. The molecule has 0 spiro atoms. The van der Waals surface area contributed by atoms with Crippen LogP contribution >= 0.6 is 0 Å². The van der Waals surface area contributed by atoms with E-state index in [-0.39, 0.29) is 12.5 Å². The molecular weight excluding hydrogens is 342 g/mol. The van der Waals surface area contributed by atoms with Crippen molar-refractivity contribution in [2.24, 2.45) is 5.92 Å². The van der Waals surface area contributed by atoms with E-state index >= 15 is 0 Å². The molecule has 1 atom stereocenters. The van der Waals surface area contributed by atoms with Crippen molar-refractivity contribution < 1.29 is 19.1 Å². The van der Waals surface area contributed by atoms with E-state index in [1.54, 1.807) is 13.8 Å². The SMILES string of the molecule is CCOC(=O)N[C@](C)(C(=O)OC(c1ccccc1)c1ccccc1)C(C)C. The van der Waals surface area contributed by atoms with Crippen LogP contribution in [0.4, 0.5) is 4.79 Å². The van der Waals surface area contributed by atoms with Gasteiger partial charge in [0.2, 0.25) is 0 Å². The van der Waals surface area contributed by atoms with Gasteiger partial charge in [-0.2, -0.15) is 0 Å². The van der Waals surface area contributed by atoms with Crippen LogP contribution in [0.2, 0.25) is 0 Å². The number of esters is 1. The summed E-state index contributed by atoms with van der Waals surface area (Å²) >= 11 is 0. The Bertz CT molecular complexity index is 706. The Morgan fingerprint density at radius 2 is 1.44 bits per heavy atom. The highest BCUT2D eigenvalue weighted by atomic mass is 16.6. The molecule has 0 bridgehead atoms. The zero-order valence-corrected chi connectivity index (χ0v) is 16.3. The van der Waals surface area contributed by atoms with Crippen molar-refractivity contribution in [3.05, 3.63) is 71.8 Å². The molecule has 0 saturated carbocycles. The summed E-state index contributed by atoms with van der Waals surface area (Å²) < 4.78 is 10.9. The van der Waals surface area contributed by atoms with E-state index in [0.29, 0.717) is 0 Å². The average molecular weight is 369 g/mol. The predicted molar refractivity (Wildman–Crippen MR) is 104 cm³/mol. The average Bonchev–Trinajstić information content (AvgIpc) is 2.67. The van der Waals surface area contributed by atoms with Crippen LogP contribution < -0.4 is 5.32 Å². The van der Waals surface area contributed by atoms with E-state index < -0.39 is 23.7 Å². The molecule has 0 fully saturated rings. The van der Waals surface area contributed by atoms with Gasteiger partial charge in [0.15, 0.2) is 6.10 Å². The fraction of sp³-hybridized carbons (Fsp3) is 0.364. The topological polar surface area (TPSA) is 64.6 Å². The molecule has 144 valence electrons. The van der Waals surface area contributed by atoms with Gasteiger partial charge < -0.3 is 14.8 Å². The molecule has 0 aliphatic heterocycles. The first-order valence-electron chi connectivity index (χ1n) is 9.14. The first-order chi connectivity index (χ1) is 12.9. The summed E-state index contributed by atoms with van der Waals surface area (Å²) in [6.07, 6.45) is -1.21. The van der Waals surface area contributed by atoms with Crippen molar-refractivity contribution >= 4 is 12.1 Å². The van der Waals surface area contributed by atoms with Crippen molar-refractivity contribution in [1.82, 2.24) is 5.32 Å². The number of amides is 1. The first-order valence-corrected chi connectivity index (χ1v) is 9.14. The molecule has 0 saturated heterocycles. The second kappa shape index (κ2) is 9.21. The highest BCUT2D eigenvalue weighted by Crippen LogP contribution is 2.29. The van der Waals surface area contributed by atoms with Gasteiger partial charge in [-0.3, -0.25) is 0 Å². The highest BCUT2D eigenvalue weighted by molar-refractivity contribution is 5.86. The second-order valence-electron chi connectivity index (χ2n) is 6.81. The van der Waals surface area contributed by atoms with Crippen LogP contribution in [-0.2, 0) is 14.3 Å². The van der Waals surface area contributed by atoms with Gasteiger partial charge >= 0.3 is 12.1 Å². The number of benzene rings is 2. The Balaban J connectivity index is 2.32. The minimum absolute atomic E-state index is 0.193. The number of hydrogen-bond acceptors (Lipinski definition) is 4. The van der Waals surface area contributed by atoms with Crippen LogP contribution in [-0.4, -0.2) is 24.2 Å². The number of nitrogens with one attached hydrogen (secondary N) is 1. The van der Waals surface area contributed by atoms with E-state index in [9.17, 15) is 9.59 Å². The predicted octanol–water partition coefficient (Wildman–Crippen LogP) is 4.48. The molecule has 2 aromatic rings. The lowest BCUT2D eigenvalue weighted by Gasteiger charge is -2.33. The molecule has 0 aromatic heterocycles. The maximum absolute atomic E-state index is 13.1. The Labute approximate surface area is 160 Å².